The van der Waals surface area contributed by atoms with Gasteiger partial charge in [-0.1, -0.05) is 31.4 Å². The van der Waals surface area contributed by atoms with Crippen molar-refractivity contribution in [1.29, 1.82) is 0 Å². The lowest BCUT2D eigenvalue weighted by Crippen LogP contribution is -2.40. The summed E-state index contributed by atoms with van der Waals surface area (Å²) in [6, 6.07) is 5.11. The van der Waals surface area contributed by atoms with Crippen LogP contribution in [0, 0.1) is 20.8 Å². The minimum Gasteiger partial charge on any atom is -0.392 e. The van der Waals surface area contributed by atoms with Gasteiger partial charge < -0.3 is 10.4 Å². The van der Waals surface area contributed by atoms with Gasteiger partial charge in [0.1, 0.15) is 0 Å². The van der Waals surface area contributed by atoms with Crippen LogP contribution in [0.3, 0.4) is 0 Å². The maximum Gasteiger partial charge on any atom is 0.0693 e. The molecule has 20 heavy (non-hydrogen) atoms. The molecule has 0 radical (unpaired) electrons. The van der Waals surface area contributed by atoms with Gasteiger partial charge in [0.05, 0.1) is 6.10 Å². The van der Waals surface area contributed by atoms with Crippen LogP contribution >= 0.6 is 0 Å². The van der Waals surface area contributed by atoms with Gasteiger partial charge >= 0.3 is 0 Å². The Labute approximate surface area is 123 Å². The lowest BCUT2D eigenvalue weighted by molar-refractivity contribution is 0.115. The molecule has 1 fully saturated rings. The van der Waals surface area contributed by atoms with E-state index in [-0.39, 0.29) is 12.1 Å². The molecule has 0 aromatic heterocycles. The molecule has 1 aromatic carbocycles. The molecule has 1 aliphatic carbocycles. The maximum absolute atomic E-state index is 10.3. The zero-order valence-corrected chi connectivity index (χ0v) is 13.4. The molecule has 0 heterocycles. The van der Waals surface area contributed by atoms with Crippen molar-refractivity contribution in [3.05, 3.63) is 34.4 Å². The molecule has 2 heteroatoms. The largest absolute Gasteiger partial charge is 0.392 e. The number of nitrogens with one attached hydrogen (secondary N) is 1. The van der Waals surface area contributed by atoms with E-state index in [4.69, 9.17) is 0 Å². The smallest absolute Gasteiger partial charge is 0.0693 e. The van der Waals surface area contributed by atoms with Crippen molar-refractivity contribution in [2.24, 2.45) is 0 Å². The van der Waals surface area contributed by atoms with E-state index in [9.17, 15) is 5.11 Å². The van der Waals surface area contributed by atoms with Crippen LogP contribution in [0.1, 0.15) is 67.3 Å². The number of aliphatic hydroxyl groups excluding tert-OH is 1. The van der Waals surface area contributed by atoms with Crippen LogP contribution in [0.4, 0.5) is 0 Å². The molecule has 3 unspecified atom stereocenters. The van der Waals surface area contributed by atoms with Crippen LogP contribution in [0.15, 0.2) is 12.1 Å². The Morgan fingerprint density at radius 3 is 2.40 bits per heavy atom. The average molecular weight is 275 g/mol. The first-order valence-electron chi connectivity index (χ1n) is 8.01. The second kappa shape index (κ2) is 6.73. The number of benzene rings is 1. The molecule has 0 bridgehead atoms. The van der Waals surface area contributed by atoms with E-state index in [0.29, 0.717) is 6.04 Å². The predicted molar refractivity (Wildman–Crippen MR) is 85.1 cm³/mol. The molecule has 112 valence electrons. The molecule has 0 spiro atoms. The Kier molecular flexibility index (Phi) is 5.22. The Morgan fingerprint density at radius 2 is 1.65 bits per heavy atom. The summed E-state index contributed by atoms with van der Waals surface area (Å²) < 4.78 is 0. The predicted octanol–water partition coefficient (Wildman–Crippen LogP) is 3.96. The van der Waals surface area contributed by atoms with Crippen molar-refractivity contribution in [3.8, 4) is 0 Å². The summed E-state index contributed by atoms with van der Waals surface area (Å²) in [5.41, 5.74) is 5.41. The van der Waals surface area contributed by atoms with Gasteiger partial charge in [0.2, 0.25) is 0 Å². The van der Waals surface area contributed by atoms with Crippen molar-refractivity contribution in [2.75, 3.05) is 0 Å². The Bertz CT molecular complexity index is 455. The number of aryl methyl sites for hydroxylation is 3. The highest BCUT2D eigenvalue weighted by atomic mass is 16.3. The molecule has 1 aliphatic rings. The van der Waals surface area contributed by atoms with Crippen molar-refractivity contribution in [2.45, 2.75) is 78.0 Å². The van der Waals surface area contributed by atoms with E-state index in [1.54, 1.807) is 0 Å². The molecule has 2 nitrogen and oxygen atoms in total. The fraction of sp³-hybridized carbons (Fsp3) is 0.667. The minimum atomic E-state index is -0.188. The van der Waals surface area contributed by atoms with Gasteiger partial charge in [0, 0.05) is 12.1 Å². The molecule has 2 N–H and O–H groups in total. The van der Waals surface area contributed by atoms with Gasteiger partial charge in [-0.3, -0.25) is 0 Å². The standard InChI is InChI=1S/C18H29NO/c1-12-10-14(3)16(11-13(12)2)15(4)19-17-8-6-5-7-9-18(17)20/h10-11,15,17-20H,5-9H2,1-4H3. The third-order valence-corrected chi connectivity index (χ3v) is 4.79. The van der Waals surface area contributed by atoms with E-state index in [0.717, 1.165) is 19.3 Å². The van der Waals surface area contributed by atoms with Gasteiger partial charge in [0.15, 0.2) is 0 Å². The molecule has 0 saturated heterocycles. The zero-order valence-electron chi connectivity index (χ0n) is 13.4. The zero-order chi connectivity index (χ0) is 14.7. The quantitative estimate of drug-likeness (QED) is 0.819. The van der Waals surface area contributed by atoms with Crippen molar-refractivity contribution >= 4 is 0 Å². The Hall–Kier alpha value is -0.860. The summed E-state index contributed by atoms with van der Waals surface area (Å²) >= 11 is 0. The van der Waals surface area contributed by atoms with Crippen LogP contribution in [0.2, 0.25) is 0 Å². The number of rotatable bonds is 3. The van der Waals surface area contributed by atoms with Gasteiger partial charge in [-0.15, -0.1) is 0 Å². The number of hydrogen-bond donors (Lipinski definition) is 2. The summed E-state index contributed by atoms with van der Waals surface area (Å²) in [4.78, 5) is 0. The first-order chi connectivity index (χ1) is 9.49. The summed E-state index contributed by atoms with van der Waals surface area (Å²) in [6.45, 7) is 8.74. The first kappa shape index (κ1) is 15.5. The van der Waals surface area contributed by atoms with E-state index < -0.39 is 0 Å². The van der Waals surface area contributed by atoms with Crippen LogP contribution in [0.25, 0.3) is 0 Å². The lowest BCUT2D eigenvalue weighted by atomic mass is 9.95. The maximum atomic E-state index is 10.3. The Morgan fingerprint density at radius 1 is 1.00 bits per heavy atom. The van der Waals surface area contributed by atoms with Crippen molar-refractivity contribution in [3.63, 3.8) is 0 Å². The molecule has 0 amide bonds. The van der Waals surface area contributed by atoms with E-state index >= 15 is 0 Å². The van der Waals surface area contributed by atoms with Crippen LogP contribution in [-0.2, 0) is 0 Å². The minimum absolute atomic E-state index is 0.188. The molecule has 1 aromatic rings. The van der Waals surface area contributed by atoms with Gasteiger partial charge in [-0.2, -0.15) is 0 Å². The van der Waals surface area contributed by atoms with E-state index in [1.165, 1.54) is 35.1 Å². The van der Waals surface area contributed by atoms with Crippen LogP contribution in [-0.4, -0.2) is 17.3 Å². The fourth-order valence-electron chi connectivity index (χ4n) is 3.34. The van der Waals surface area contributed by atoms with Gasteiger partial charge in [0.25, 0.3) is 0 Å². The topological polar surface area (TPSA) is 32.3 Å². The Balaban J connectivity index is 2.11. The van der Waals surface area contributed by atoms with E-state index in [2.05, 4.69) is 45.1 Å². The number of hydrogen-bond acceptors (Lipinski definition) is 2. The third-order valence-electron chi connectivity index (χ3n) is 4.79. The monoisotopic (exact) mass is 275 g/mol. The molecule has 0 aliphatic heterocycles. The summed E-state index contributed by atoms with van der Waals surface area (Å²) in [5, 5.41) is 13.9. The fourth-order valence-corrected chi connectivity index (χ4v) is 3.34. The second-order valence-electron chi connectivity index (χ2n) is 6.49. The molecular formula is C18H29NO. The summed E-state index contributed by atoms with van der Waals surface area (Å²) in [6.07, 6.45) is 5.49. The molecule has 1 saturated carbocycles. The van der Waals surface area contributed by atoms with Crippen molar-refractivity contribution < 1.29 is 5.11 Å². The molecule has 2 rings (SSSR count). The van der Waals surface area contributed by atoms with Crippen LogP contribution in [0.5, 0.6) is 0 Å². The summed E-state index contributed by atoms with van der Waals surface area (Å²) in [5.74, 6) is 0. The highest BCUT2D eigenvalue weighted by Crippen LogP contribution is 2.25. The van der Waals surface area contributed by atoms with Crippen LogP contribution < -0.4 is 5.32 Å². The lowest BCUT2D eigenvalue weighted by Gasteiger charge is -2.27. The first-order valence-corrected chi connectivity index (χ1v) is 8.01. The second-order valence-corrected chi connectivity index (χ2v) is 6.49. The van der Waals surface area contributed by atoms with Crippen molar-refractivity contribution in [1.82, 2.24) is 5.32 Å². The van der Waals surface area contributed by atoms with Gasteiger partial charge in [-0.05, 0) is 62.8 Å². The highest BCUT2D eigenvalue weighted by Gasteiger charge is 2.23. The normalized spacial score (nSPS) is 25.2. The molecule has 3 atom stereocenters. The third kappa shape index (κ3) is 3.62. The summed E-state index contributed by atoms with van der Waals surface area (Å²) in [7, 11) is 0. The SMILES string of the molecule is Cc1cc(C)c(C(C)NC2CCCCCC2O)cc1C. The van der Waals surface area contributed by atoms with Gasteiger partial charge in [-0.25, -0.2) is 0 Å². The average Bonchev–Trinajstić information content (AvgIpc) is 2.59. The highest BCUT2D eigenvalue weighted by molar-refractivity contribution is 5.38. The van der Waals surface area contributed by atoms with E-state index in [1.807, 2.05) is 0 Å². The number of aliphatic hydroxyl groups is 1. The molecular weight excluding hydrogens is 246 g/mol.